The summed E-state index contributed by atoms with van der Waals surface area (Å²) in [5.74, 6) is -0.408. The van der Waals surface area contributed by atoms with Crippen LogP contribution in [-0.4, -0.2) is 11.3 Å². The quantitative estimate of drug-likeness (QED) is 0.534. The predicted octanol–water partition coefficient (Wildman–Crippen LogP) is 2.84. The molecular formula is C10H5ClFNO. The topological polar surface area (TPSA) is 30.0 Å². The first-order chi connectivity index (χ1) is 6.74. The molecule has 1 aromatic carbocycles. The summed E-state index contributed by atoms with van der Waals surface area (Å²) in [7, 11) is 0. The van der Waals surface area contributed by atoms with Crippen molar-refractivity contribution in [2.45, 2.75) is 0 Å². The third kappa shape index (κ3) is 1.26. The molecule has 0 bridgehead atoms. The van der Waals surface area contributed by atoms with Crippen molar-refractivity contribution in [3.63, 3.8) is 0 Å². The lowest BCUT2D eigenvalue weighted by molar-refractivity contribution is 0.112. The number of halogens is 2. The monoisotopic (exact) mass is 209 g/mol. The van der Waals surface area contributed by atoms with Crippen LogP contribution in [0.4, 0.5) is 4.39 Å². The Kier molecular flexibility index (Phi) is 2.17. The van der Waals surface area contributed by atoms with Gasteiger partial charge in [-0.1, -0.05) is 23.7 Å². The highest BCUT2D eigenvalue weighted by Crippen LogP contribution is 2.23. The van der Waals surface area contributed by atoms with E-state index in [-0.39, 0.29) is 10.7 Å². The second-order valence-electron chi connectivity index (χ2n) is 2.78. The number of fused-ring (bicyclic) bond motifs is 1. The molecule has 4 heteroatoms. The second kappa shape index (κ2) is 3.35. The van der Waals surface area contributed by atoms with E-state index >= 15 is 0 Å². The van der Waals surface area contributed by atoms with E-state index in [2.05, 4.69) is 4.98 Å². The molecule has 2 nitrogen and oxygen atoms in total. The van der Waals surface area contributed by atoms with Crippen molar-refractivity contribution in [3.8, 4) is 0 Å². The molecule has 0 aliphatic heterocycles. The number of carbonyl (C=O) groups is 1. The minimum absolute atomic E-state index is 0.0955. The number of hydrogen-bond acceptors (Lipinski definition) is 2. The largest absolute Gasteiger partial charge is 0.298 e. The average Bonchev–Trinajstić information content (AvgIpc) is 2.18. The highest BCUT2D eigenvalue weighted by atomic mass is 35.5. The van der Waals surface area contributed by atoms with Crippen LogP contribution in [0.5, 0.6) is 0 Å². The molecule has 0 saturated carbocycles. The molecule has 1 heterocycles. The Morgan fingerprint density at radius 1 is 1.36 bits per heavy atom. The third-order valence-corrected chi connectivity index (χ3v) is 2.29. The van der Waals surface area contributed by atoms with Gasteiger partial charge in [-0.3, -0.25) is 4.79 Å². The molecule has 2 rings (SSSR count). The van der Waals surface area contributed by atoms with Gasteiger partial charge in [-0.15, -0.1) is 0 Å². The molecule has 0 N–H and O–H groups in total. The maximum atomic E-state index is 13.2. The molecular weight excluding hydrogens is 205 g/mol. The third-order valence-electron chi connectivity index (χ3n) is 1.99. The summed E-state index contributed by atoms with van der Waals surface area (Å²) < 4.78 is 13.2. The normalized spacial score (nSPS) is 10.4. The van der Waals surface area contributed by atoms with Crippen LogP contribution in [0.25, 0.3) is 10.8 Å². The summed E-state index contributed by atoms with van der Waals surface area (Å²) in [5.41, 5.74) is 0.226. The number of rotatable bonds is 1. The molecule has 0 aliphatic rings. The molecule has 1 aromatic heterocycles. The second-order valence-corrected chi connectivity index (χ2v) is 3.14. The summed E-state index contributed by atoms with van der Waals surface area (Å²) in [5, 5.41) is 0.886. The first-order valence-electron chi connectivity index (χ1n) is 3.92. The molecule has 0 unspecified atom stereocenters. The lowest BCUT2D eigenvalue weighted by Gasteiger charge is -2.02. The van der Waals surface area contributed by atoms with Crippen LogP contribution in [-0.2, 0) is 0 Å². The van der Waals surface area contributed by atoms with E-state index in [0.29, 0.717) is 17.1 Å². The minimum atomic E-state index is -0.408. The Hall–Kier alpha value is -1.48. The molecule has 0 radical (unpaired) electrons. The van der Waals surface area contributed by atoms with E-state index in [4.69, 9.17) is 11.6 Å². The van der Waals surface area contributed by atoms with E-state index in [0.717, 1.165) is 0 Å². The Balaban J connectivity index is 2.95. The number of benzene rings is 1. The van der Waals surface area contributed by atoms with Gasteiger partial charge in [0.25, 0.3) is 0 Å². The van der Waals surface area contributed by atoms with Crippen molar-refractivity contribution in [1.29, 1.82) is 0 Å². The van der Waals surface area contributed by atoms with Crippen LogP contribution in [0.2, 0.25) is 5.15 Å². The van der Waals surface area contributed by atoms with Crippen molar-refractivity contribution >= 4 is 28.7 Å². The fourth-order valence-electron chi connectivity index (χ4n) is 1.32. The molecule has 0 saturated heterocycles. The summed E-state index contributed by atoms with van der Waals surface area (Å²) in [4.78, 5) is 14.4. The lowest BCUT2D eigenvalue weighted by Crippen LogP contribution is -1.90. The van der Waals surface area contributed by atoms with Crippen molar-refractivity contribution in [1.82, 2.24) is 4.98 Å². The van der Waals surface area contributed by atoms with Crippen LogP contribution in [0.1, 0.15) is 10.4 Å². The Morgan fingerprint density at radius 2 is 2.14 bits per heavy atom. The van der Waals surface area contributed by atoms with Gasteiger partial charge in [-0.25, -0.2) is 9.37 Å². The summed E-state index contributed by atoms with van der Waals surface area (Å²) >= 11 is 5.69. The highest BCUT2D eigenvalue weighted by Gasteiger charge is 2.08. The molecule has 0 amide bonds. The van der Waals surface area contributed by atoms with Crippen LogP contribution >= 0.6 is 11.6 Å². The number of aromatic nitrogens is 1. The highest BCUT2D eigenvalue weighted by molar-refractivity contribution is 6.33. The SMILES string of the molecule is O=Cc1c(Cl)ncc2c(F)cccc12. The fraction of sp³-hybridized carbons (Fsp3) is 0. The predicted molar refractivity (Wildman–Crippen MR) is 52.1 cm³/mol. The Bertz CT molecular complexity index is 513. The van der Waals surface area contributed by atoms with Gasteiger partial charge in [0.1, 0.15) is 11.0 Å². The van der Waals surface area contributed by atoms with Crippen molar-refractivity contribution in [2.75, 3.05) is 0 Å². The molecule has 0 spiro atoms. The molecule has 2 aromatic rings. The van der Waals surface area contributed by atoms with E-state index in [1.54, 1.807) is 6.07 Å². The van der Waals surface area contributed by atoms with Crippen molar-refractivity contribution in [3.05, 3.63) is 40.9 Å². The summed E-state index contributed by atoms with van der Waals surface area (Å²) in [6.07, 6.45) is 1.90. The molecule has 0 aliphatic carbocycles. The van der Waals surface area contributed by atoms with E-state index in [9.17, 15) is 9.18 Å². The number of aldehydes is 1. The van der Waals surface area contributed by atoms with Gasteiger partial charge in [0.05, 0.1) is 5.56 Å². The maximum absolute atomic E-state index is 13.2. The van der Waals surface area contributed by atoms with Gasteiger partial charge in [-0.2, -0.15) is 0 Å². The van der Waals surface area contributed by atoms with Gasteiger partial charge in [-0.05, 0) is 11.5 Å². The molecule has 70 valence electrons. The standard InChI is InChI=1S/C10H5ClFNO/c11-10-8(5-14)6-2-1-3-9(12)7(6)4-13-10/h1-5H. The fourth-order valence-corrected chi connectivity index (χ4v) is 1.51. The van der Waals surface area contributed by atoms with Crippen LogP contribution < -0.4 is 0 Å². The van der Waals surface area contributed by atoms with E-state index < -0.39 is 5.82 Å². The summed E-state index contributed by atoms with van der Waals surface area (Å²) in [6, 6.07) is 4.48. The van der Waals surface area contributed by atoms with Gasteiger partial charge in [0, 0.05) is 11.6 Å². The van der Waals surface area contributed by atoms with Crippen LogP contribution in [0.15, 0.2) is 24.4 Å². The van der Waals surface area contributed by atoms with E-state index in [1.165, 1.54) is 18.3 Å². The zero-order valence-electron chi connectivity index (χ0n) is 7.00. The Labute approximate surface area is 84.3 Å². The minimum Gasteiger partial charge on any atom is -0.298 e. The number of nitrogens with zero attached hydrogens (tertiary/aromatic N) is 1. The number of carbonyl (C=O) groups excluding carboxylic acids is 1. The Morgan fingerprint density at radius 3 is 2.86 bits per heavy atom. The maximum Gasteiger partial charge on any atom is 0.153 e. The van der Waals surface area contributed by atoms with Crippen LogP contribution in [0.3, 0.4) is 0 Å². The molecule has 0 atom stereocenters. The molecule has 0 fully saturated rings. The lowest BCUT2D eigenvalue weighted by atomic mass is 10.1. The van der Waals surface area contributed by atoms with Crippen LogP contribution in [0, 0.1) is 5.82 Å². The van der Waals surface area contributed by atoms with Gasteiger partial charge >= 0.3 is 0 Å². The smallest absolute Gasteiger partial charge is 0.153 e. The number of hydrogen-bond donors (Lipinski definition) is 0. The molecule has 14 heavy (non-hydrogen) atoms. The summed E-state index contributed by atoms with van der Waals surface area (Å²) in [6.45, 7) is 0. The van der Waals surface area contributed by atoms with Gasteiger partial charge in [0.2, 0.25) is 0 Å². The van der Waals surface area contributed by atoms with Crippen molar-refractivity contribution < 1.29 is 9.18 Å². The first-order valence-corrected chi connectivity index (χ1v) is 4.29. The average molecular weight is 210 g/mol. The van der Waals surface area contributed by atoms with Gasteiger partial charge in [0.15, 0.2) is 6.29 Å². The zero-order chi connectivity index (χ0) is 10.1. The zero-order valence-corrected chi connectivity index (χ0v) is 7.75. The van der Waals surface area contributed by atoms with Crippen molar-refractivity contribution in [2.24, 2.45) is 0 Å². The first kappa shape index (κ1) is 9.09. The van der Waals surface area contributed by atoms with Gasteiger partial charge < -0.3 is 0 Å². The van der Waals surface area contributed by atoms with E-state index in [1.807, 2.05) is 0 Å². The number of pyridine rings is 1.